The van der Waals surface area contributed by atoms with Gasteiger partial charge in [0.1, 0.15) is 0 Å². The minimum Gasteiger partial charge on any atom is -0.481 e. The van der Waals surface area contributed by atoms with Crippen LogP contribution in [0.2, 0.25) is 0 Å². The third-order valence-corrected chi connectivity index (χ3v) is 6.21. The van der Waals surface area contributed by atoms with Crippen LogP contribution in [0.5, 0.6) is 0 Å². The van der Waals surface area contributed by atoms with E-state index in [-0.39, 0.29) is 0 Å². The SMILES string of the molecule is CCC(C)(C)C(=O)O.CCC(C)(C)C(=O)O.Cc1cc(C)c(I)c(C)c1. The lowest BCUT2D eigenvalue weighted by atomic mass is 9.91. The summed E-state index contributed by atoms with van der Waals surface area (Å²) in [5, 5.41) is 16.9. The van der Waals surface area contributed by atoms with Gasteiger partial charge in [-0.1, -0.05) is 31.5 Å². The zero-order chi connectivity index (χ0) is 21.3. The second kappa shape index (κ2) is 11.6. The molecule has 0 aliphatic carbocycles. The van der Waals surface area contributed by atoms with Gasteiger partial charge < -0.3 is 10.2 Å². The lowest BCUT2D eigenvalue weighted by Crippen LogP contribution is -2.21. The van der Waals surface area contributed by atoms with E-state index in [9.17, 15) is 9.59 Å². The van der Waals surface area contributed by atoms with Crippen molar-refractivity contribution in [2.75, 3.05) is 0 Å². The van der Waals surface area contributed by atoms with Gasteiger partial charge in [-0.2, -0.15) is 0 Å². The average Bonchev–Trinajstić information content (AvgIpc) is 2.53. The van der Waals surface area contributed by atoms with Crippen molar-refractivity contribution < 1.29 is 19.8 Å². The molecule has 0 atom stereocenters. The topological polar surface area (TPSA) is 74.6 Å². The third kappa shape index (κ3) is 10.1. The van der Waals surface area contributed by atoms with Crippen LogP contribution in [-0.4, -0.2) is 22.2 Å². The lowest BCUT2D eigenvalue weighted by Gasteiger charge is -2.14. The van der Waals surface area contributed by atoms with Crippen molar-refractivity contribution in [3.8, 4) is 0 Å². The molecule has 2 N–H and O–H groups in total. The summed E-state index contributed by atoms with van der Waals surface area (Å²) >= 11 is 2.39. The molecule has 150 valence electrons. The number of carbonyl (C=O) groups is 2. The van der Waals surface area contributed by atoms with Crippen molar-refractivity contribution >= 4 is 34.5 Å². The lowest BCUT2D eigenvalue weighted by molar-refractivity contribution is -0.147. The molecule has 0 spiro atoms. The summed E-state index contributed by atoms with van der Waals surface area (Å²) in [5.41, 5.74) is 3.05. The Morgan fingerprint density at radius 1 is 0.846 bits per heavy atom. The molecular formula is C21H35IO4. The van der Waals surface area contributed by atoms with Gasteiger partial charge in [-0.25, -0.2) is 0 Å². The Hall–Kier alpha value is -1.11. The van der Waals surface area contributed by atoms with Crippen LogP contribution in [0.4, 0.5) is 0 Å². The van der Waals surface area contributed by atoms with Gasteiger partial charge in [-0.05, 0) is 95.0 Å². The number of hydrogen-bond donors (Lipinski definition) is 2. The Bertz CT molecular complexity index is 555. The predicted octanol–water partition coefficient (Wildman–Crippen LogP) is 6.23. The minimum atomic E-state index is -0.722. The maximum absolute atomic E-state index is 10.3. The van der Waals surface area contributed by atoms with Crippen molar-refractivity contribution in [2.24, 2.45) is 10.8 Å². The zero-order valence-corrected chi connectivity index (χ0v) is 19.8. The van der Waals surface area contributed by atoms with E-state index in [4.69, 9.17) is 10.2 Å². The van der Waals surface area contributed by atoms with E-state index in [0.717, 1.165) is 0 Å². The van der Waals surface area contributed by atoms with Crippen molar-refractivity contribution in [1.82, 2.24) is 0 Å². The van der Waals surface area contributed by atoms with Crippen molar-refractivity contribution in [3.63, 3.8) is 0 Å². The first-order valence-corrected chi connectivity index (χ1v) is 9.90. The fourth-order valence-corrected chi connectivity index (χ4v) is 1.78. The highest BCUT2D eigenvalue weighted by Gasteiger charge is 2.24. The van der Waals surface area contributed by atoms with Gasteiger partial charge in [0.2, 0.25) is 0 Å². The maximum atomic E-state index is 10.3. The highest BCUT2D eigenvalue weighted by Crippen LogP contribution is 2.19. The molecule has 26 heavy (non-hydrogen) atoms. The second-order valence-electron chi connectivity index (χ2n) is 7.80. The predicted molar refractivity (Wildman–Crippen MR) is 117 cm³/mol. The molecule has 0 aromatic heterocycles. The summed E-state index contributed by atoms with van der Waals surface area (Å²) in [6.07, 6.45) is 1.37. The van der Waals surface area contributed by atoms with Crippen molar-refractivity contribution in [3.05, 3.63) is 32.4 Å². The van der Waals surface area contributed by atoms with Gasteiger partial charge in [0.05, 0.1) is 10.8 Å². The zero-order valence-electron chi connectivity index (χ0n) is 17.7. The van der Waals surface area contributed by atoms with Gasteiger partial charge in [-0.3, -0.25) is 9.59 Å². The van der Waals surface area contributed by atoms with Gasteiger partial charge in [-0.15, -0.1) is 0 Å². The van der Waals surface area contributed by atoms with E-state index in [0.29, 0.717) is 12.8 Å². The highest BCUT2D eigenvalue weighted by atomic mass is 127. The van der Waals surface area contributed by atoms with Crippen LogP contribution in [0.25, 0.3) is 0 Å². The number of halogens is 1. The quantitative estimate of drug-likeness (QED) is 0.503. The maximum Gasteiger partial charge on any atom is 0.309 e. The number of aryl methyl sites for hydroxylation is 3. The van der Waals surface area contributed by atoms with E-state index in [1.807, 2.05) is 13.8 Å². The molecule has 1 aromatic carbocycles. The molecule has 0 heterocycles. The molecular weight excluding hydrogens is 443 g/mol. The standard InChI is InChI=1S/C9H11I.2C6H12O2/c1-6-4-7(2)9(10)8(3)5-6;2*1-4-6(2,3)5(7)8/h4-5H,1-3H3;2*4H2,1-3H3,(H,7,8). The van der Waals surface area contributed by atoms with E-state index >= 15 is 0 Å². The summed E-state index contributed by atoms with van der Waals surface area (Å²) in [6.45, 7) is 17.1. The molecule has 0 saturated heterocycles. The second-order valence-corrected chi connectivity index (χ2v) is 8.88. The van der Waals surface area contributed by atoms with E-state index in [2.05, 4.69) is 55.5 Å². The van der Waals surface area contributed by atoms with E-state index < -0.39 is 22.8 Å². The molecule has 5 heteroatoms. The molecule has 1 aromatic rings. The van der Waals surface area contributed by atoms with Crippen LogP contribution in [-0.2, 0) is 9.59 Å². The first-order chi connectivity index (χ1) is 11.6. The van der Waals surface area contributed by atoms with Crippen LogP contribution in [0.3, 0.4) is 0 Å². The molecule has 0 fully saturated rings. The molecule has 0 unspecified atom stereocenters. The van der Waals surface area contributed by atoms with E-state index in [1.165, 1.54) is 20.3 Å². The van der Waals surface area contributed by atoms with Crippen molar-refractivity contribution in [1.29, 1.82) is 0 Å². The van der Waals surface area contributed by atoms with Crippen LogP contribution in [0.1, 0.15) is 71.1 Å². The van der Waals surface area contributed by atoms with Gasteiger partial charge in [0, 0.05) is 3.57 Å². The molecule has 1 rings (SSSR count). The smallest absolute Gasteiger partial charge is 0.309 e. The largest absolute Gasteiger partial charge is 0.481 e. The third-order valence-electron chi connectivity index (χ3n) is 4.51. The number of aliphatic carboxylic acids is 2. The van der Waals surface area contributed by atoms with Crippen LogP contribution in [0.15, 0.2) is 12.1 Å². The Kier molecular flexibility index (Phi) is 12.1. The summed E-state index contributed by atoms with van der Waals surface area (Å²) < 4.78 is 1.39. The van der Waals surface area contributed by atoms with Crippen molar-refractivity contribution in [2.45, 2.75) is 75.2 Å². The van der Waals surface area contributed by atoms with Crippen LogP contribution < -0.4 is 0 Å². The molecule has 4 nitrogen and oxygen atoms in total. The van der Waals surface area contributed by atoms with Crippen LogP contribution >= 0.6 is 22.6 Å². The number of rotatable bonds is 4. The molecule has 0 aliphatic heterocycles. The Morgan fingerprint density at radius 3 is 1.27 bits per heavy atom. The first kappa shape index (κ1) is 27.1. The first-order valence-electron chi connectivity index (χ1n) is 8.82. The van der Waals surface area contributed by atoms with Gasteiger partial charge in [0.15, 0.2) is 0 Å². The summed E-state index contributed by atoms with van der Waals surface area (Å²) in [4.78, 5) is 20.5. The molecule has 0 bridgehead atoms. The molecule has 0 amide bonds. The minimum absolute atomic E-state index is 0.542. The average molecular weight is 478 g/mol. The Morgan fingerprint density at radius 2 is 1.12 bits per heavy atom. The fourth-order valence-electron chi connectivity index (χ4n) is 1.46. The number of carboxylic acid groups (broad SMARTS) is 2. The van der Waals surface area contributed by atoms with Gasteiger partial charge in [0.25, 0.3) is 0 Å². The summed E-state index contributed by atoms with van der Waals surface area (Å²) in [6, 6.07) is 4.43. The number of hydrogen-bond acceptors (Lipinski definition) is 2. The molecule has 0 aliphatic rings. The monoisotopic (exact) mass is 478 g/mol. The molecule has 0 saturated carbocycles. The summed E-state index contributed by atoms with van der Waals surface area (Å²) in [5.74, 6) is -1.44. The Balaban J connectivity index is 0. The van der Waals surface area contributed by atoms with Gasteiger partial charge >= 0.3 is 11.9 Å². The number of benzene rings is 1. The van der Waals surface area contributed by atoms with Crippen LogP contribution in [0, 0.1) is 35.2 Å². The van der Waals surface area contributed by atoms with E-state index in [1.54, 1.807) is 27.7 Å². The molecule has 0 radical (unpaired) electrons. The summed E-state index contributed by atoms with van der Waals surface area (Å²) in [7, 11) is 0. The fraction of sp³-hybridized carbons (Fsp3) is 0.619. The Labute approximate surface area is 172 Å². The normalized spacial score (nSPS) is 10.8. The highest BCUT2D eigenvalue weighted by molar-refractivity contribution is 14.1. The number of carboxylic acids is 2.